The van der Waals surface area contributed by atoms with Crippen LogP contribution in [-0.4, -0.2) is 66.8 Å². The molecule has 0 radical (unpaired) electrons. The second-order valence-corrected chi connectivity index (χ2v) is 11.2. The van der Waals surface area contributed by atoms with Crippen LogP contribution in [-0.2, 0) is 38.6 Å². The first-order valence-electron chi connectivity index (χ1n) is 13.6. The highest BCUT2D eigenvalue weighted by Gasteiger charge is 2.52. The Balaban J connectivity index is 1.39. The Morgan fingerprint density at radius 2 is 1.45 bits per heavy atom. The van der Waals surface area contributed by atoms with Crippen LogP contribution < -0.4 is 4.74 Å². The van der Waals surface area contributed by atoms with Crippen LogP contribution in [0.3, 0.4) is 0 Å². The molecule has 5 rings (SSSR count). The molecule has 0 bridgehead atoms. The van der Waals surface area contributed by atoms with Crippen LogP contribution in [0.2, 0.25) is 0 Å². The molecule has 0 amide bonds. The predicted octanol–water partition coefficient (Wildman–Crippen LogP) is 5.13. The van der Waals surface area contributed by atoms with Gasteiger partial charge in [-0.25, -0.2) is 0 Å². The minimum absolute atomic E-state index is 0.000422. The molecule has 210 valence electrons. The second kappa shape index (κ2) is 13.5. The van der Waals surface area contributed by atoms with Gasteiger partial charge in [0.15, 0.2) is 11.0 Å². The van der Waals surface area contributed by atoms with Crippen molar-refractivity contribution in [3.05, 3.63) is 102 Å². The molecule has 0 saturated carbocycles. The number of carbonyl (C=O) groups excluding carboxylic acids is 1. The van der Waals surface area contributed by atoms with E-state index in [9.17, 15) is 4.79 Å². The van der Waals surface area contributed by atoms with E-state index in [-0.39, 0.29) is 17.3 Å². The van der Waals surface area contributed by atoms with Crippen molar-refractivity contribution in [2.24, 2.45) is 4.99 Å². The molecule has 40 heavy (non-hydrogen) atoms. The van der Waals surface area contributed by atoms with Gasteiger partial charge in [0.25, 0.3) is 0 Å². The number of hydrogen-bond acceptors (Lipinski definition) is 8. The lowest BCUT2D eigenvalue weighted by molar-refractivity contribution is -0.199. The van der Waals surface area contributed by atoms with Gasteiger partial charge in [-0.05, 0) is 35.2 Å². The number of fused-ring (bicyclic) bond motifs is 1. The van der Waals surface area contributed by atoms with Crippen LogP contribution >= 0.6 is 11.8 Å². The fourth-order valence-electron chi connectivity index (χ4n) is 4.91. The summed E-state index contributed by atoms with van der Waals surface area (Å²) >= 11 is 1.54. The Bertz CT molecular complexity index is 1270. The van der Waals surface area contributed by atoms with Gasteiger partial charge in [-0.1, -0.05) is 84.6 Å². The zero-order chi connectivity index (χ0) is 27.9. The number of ketones is 1. The van der Waals surface area contributed by atoms with E-state index in [4.69, 9.17) is 23.9 Å². The van der Waals surface area contributed by atoms with Gasteiger partial charge in [0.2, 0.25) is 0 Å². The summed E-state index contributed by atoms with van der Waals surface area (Å²) in [5.74, 6) is 0.791. The largest absolute Gasteiger partial charge is 0.497 e. The summed E-state index contributed by atoms with van der Waals surface area (Å²) in [7, 11) is 5.57. The zero-order valence-electron chi connectivity index (χ0n) is 23.1. The summed E-state index contributed by atoms with van der Waals surface area (Å²) in [6.07, 6.45) is -0.906. The fraction of sp³-hybridized carbons (Fsp3) is 0.375. The molecule has 8 heteroatoms. The summed E-state index contributed by atoms with van der Waals surface area (Å²) in [4.78, 5) is 20.7. The van der Waals surface area contributed by atoms with E-state index in [1.54, 1.807) is 7.11 Å². The topological polar surface area (TPSA) is 69.6 Å². The third-order valence-electron chi connectivity index (χ3n) is 7.09. The van der Waals surface area contributed by atoms with Gasteiger partial charge in [-0.3, -0.25) is 9.79 Å². The number of benzene rings is 3. The average Bonchev–Trinajstić information content (AvgIpc) is 3.43. The summed E-state index contributed by atoms with van der Waals surface area (Å²) in [6, 6.07) is 27.5. The van der Waals surface area contributed by atoms with Gasteiger partial charge in [0.1, 0.15) is 35.5 Å². The molecule has 2 aliphatic heterocycles. The lowest BCUT2D eigenvalue weighted by Gasteiger charge is -2.42. The standard InChI is InChI=1S/C32H36N2O5S/c1-34(2)32-33-27-29(37-20-23-10-6-4-7-11-23)30(38-21-24-12-8-5-9-13-24)28(39-31(27)40-32)26(35)19-16-22-14-17-25(36-3)18-15-22/h4-15,17-18,27-31H,16,19-21H2,1-3H3/t27-,28-,29-,30-,31-/m1/s1. The lowest BCUT2D eigenvalue weighted by Crippen LogP contribution is -2.59. The minimum Gasteiger partial charge on any atom is -0.497 e. The third-order valence-corrected chi connectivity index (χ3v) is 8.39. The maximum atomic E-state index is 13.8. The highest BCUT2D eigenvalue weighted by atomic mass is 32.2. The molecular formula is C32H36N2O5S. The first-order chi connectivity index (χ1) is 19.5. The van der Waals surface area contributed by atoms with Gasteiger partial charge in [-0.15, -0.1) is 0 Å². The van der Waals surface area contributed by atoms with Crippen LogP contribution in [0.1, 0.15) is 23.1 Å². The number of hydrogen-bond donors (Lipinski definition) is 0. The van der Waals surface area contributed by atoms with Crippen LogP contribution in [0.15, 0.2) is 89.9 Å². The summed E-state index contributed by atoms with van der Waals surface area (Å²) in [5, 5.41) is 0.858. The van der Waals surface area contributed by atoms with Gasteiger partial charge >= 0.3 is 0 Å². The number of ether oxygens (including phenoxy) is 4. The normalized spacial score (nSPS) is 23.8. The molecular weight excluding hydrogens is 524 g/mol. The Hall–Kier alpha value is -3.17. The number of nitrogens with zero attached hydrogens (tertiary/aromatic N) is 2. The molecule has 0 spiro atoms. The highest BCUT2D eigenvalue weighted by molar-refractivity contribution is 8.14. The van der Waals surface area contributed by atoms with E-state index in [0.29, 0.717) is 26.1 Å². The number of rotatable bonds is 11. The van der Waals surface area contributed by atoms with Crippen LogP contribution in [0.5, 0.6) is 5.75 Å². The monoisotopic (exact) mass is 560 g/mol. The Morgan fingerprint density at radius 1 is 0.850 bits per heavy atom. The van der Waals surface area contributed by atoms with E-state index < -0.39 is 18.3 Å². The molecule has 0 unspecified atom stereocenters. The smallest absolute Gasteiger partial charge is 0.164 e. The number of thioether (sulfide) groups is 1. The SMILES string of the molecule is COc1ccc(CCC(=O)[C@H]2O[C@@H]3SC(N(C)C)=N[C@@H]3[C@@H](OCc3ccccc3)[C@@H]2OCc2ccccc2)cc1. The van der Waals surface area contributed by atoms with E-state index in [0.717, 1.165) is 27.6 Å². The van der Waals surface area contributed by atoms with Crippen molar-refractivity contribution in [3.8, 4) is 5.75 Å². The number of Topliss-reactive ketones (excluding diaryl/α,β-unsaturated/α-hetero) is 1. The van der Waals surface area contributed by atoms with E-state index in [1.807, 2.05) is 104 Å². The summed E-state index contributed by atoms with van der Waals surface area (Å²) < 4.78 is 24.9. The molecule has 3 aromatic carbocycles. The van der Waals surface area contributed by atoms with E-state index in [1.165, 1.54) is 11.8 Å². The number of methoxy groups -OCH3 is 1. The highest BCUT2D eigenvalue weighted by Crippen LogP contribution is 2.40. The molecule has 5 atom stereocenters. The van der Waals surface area contributed by atoms with E-state index >= 15 is 0 Å². The van der Waals surface area contributed by atoms with Crippen molar-refractivity contribution >= 4 is 22.7 Å². The van der Waals surface area contributed by atoms with Crippen molar-refractivity contribution in [2.75, 3.05) is 21.2 Å². The molecule has 0 N–H and O–H groups in total. The molecule has 3 aromatic rings. The summed E-state index contributed by atoms with van der Waals surface area (Å²) in [5.41, 5.74) is 2.81. The zero-order valence-corrected chi connectivity index (χ0v) is 24.0. The predicted molar refractivity (Wildman–Crippen MR) is 158 cm³/mol. The Morgan fingerprint density at radius 3 is 2.02 bits per heavy atom. The van der Waals surface area contributed by atoms with Gasteiger partial charge in [-0.2, -0.15) is 0 Å². The lowest BCUT2D eigenvalue weighted by atomic mass is 9.92. The average molecular weight is 561 g/mol. The molecule has 1 fully saturated rings. The van der Waals surface area contributed by atoms with Crippen molar-refractivity contribution in [1.82, 2.24) is 4.90 Å². The molecule has 2 aliphatic rings. The van der Waals surface area contributed by atoms with Crippen LogP contribution in [0.25, 0.3) is 0 Å². The maximum absolute atomic E-state index is 13.8. The minimum atomic E-state index is -0.770. The first kappa shape index (κ1) is 28.4. The quantitative estimate of drug-likeness (QED) is 0.322. The molecule has 2 heterocycles. The maximum Gasteiger partial charge on any atom is 0.164 e. The molecule has 0 aromatic heterocycles. The third kappa shape index (κ3) is 6.93. The van der Waals surface area contributed by atoms with Crippen LogP contribution in [0.4, 0.5) is 0 Å². The van der Waals surface area contributed by atoms with Gasteiger partial charge < -0.3 is 23.8 Å². The van der Waals surface area contributed by atoms with Crippen molar-refractivity contribution in [1.29, 1.82) is 0 Å². The number of amidine groups is 1. The van der Waals surface area contributed by atoms with Crippen molar-refractivity contribution in [2.45, 2.75) is 55.8 Å². The summed E-state index contributed by atoms with van der Waals surface area (Å²) in [6.45, 7) is 0.737. The molecule has 7 nitrogen and oxygen atoms in total. The number of carbonyl (C=O) groups is 1. The van der Waals surface area contributed by atoms with Gasteiger partial charge in [0, 0.05) is 20.5 Å². The number of aryl methyl sites for hydroxylation is 1. The second-order valence-electron chi connectivity index (χ2n) is 10.2. The Labute approximate surface area is 240 Å². The first-order valence-corrected chi connectivity index (χ1v) is 14.4. The fourth-order valence-corrected chi connectivity index (χ4v) is 6.04. The van der Waals surface area contributed by atoms with Crippen molar-refractivity contribution < 1.29 is 23.7 Å². The van der Waals surface area contributed by atoms with Gasteiger partial charge in [0.05, 0.1) is 20.3 Å². The van der Waals surface area contributed by atoms with Crippen LogP contribution in [0, 0.1) is 0 Å². The Kier molecular flexibility index (Phi) is 9.54. The molecule has 1 saturated heterocycles. The van der Waals surface area contributed by atoms with Crippen molar-refractivity contribution in [3.63, 3.8) is 0 Å². The van der Waals surface area contributed by atoms with E-state index in [2.05, 4.69) is 0 Å². The molecule has 0 aliphatic carbocycles. The number of aliphatic imine (C=N–C) groups is 1.